The van der Waals surface area contributed by atoms with E-state index in [0.29, 0.717) is 5.75 Å². The van der Waals surface area contributed by atoms with Crippen LogP contribution in [0.4, 0.5) is 10.8 Å². The lowest BCUT2D eigenvalue weighted by atomic mass is 10.00. The number of nitrogens with zero attached hydrogens (tertiary/aromatic N) is 4. The van der Waals surface area contributed by atoms with Crippen molar-refractivity contribution in [2.45, 2.75) is 31.7 Å². The fourth-order valence-electron chi connectivity index (χ4n) is 3.19. The fourth-order valence-corrected chi connectivity index (χ4v) is 5.14. The third kappa shape index (κ3) is 4.28. The minimum absolute atomic E-state index is 0.0409. The van der Waals surface area contributed by atoms with Gasteiger partial charge in [0.15, 0.2) is 10.8 Å². The summed E-state index contributed by atoms with van der Waals surface area (Å²) in [6.45, 7) is 6.36. The monoisotopic (exact) mass is 413 g/mol. The molecule has 3 aromatic rings. The van der Waals surface area contributed by atoms with E-state index in [2.05, 4.69) is 27.1 Å². The van der Waals surface area contributed by atoms with Gasteiger partial charge in [-0.3, -0.25) is 4.79 Å². The minimum Gasteiger partial charge on any atom is -0.348 e. The van der Waals surface area contributed by atoms with E-state index in [1.807, 2.05) is 31.2 Å². The van der Waals surface area contributed by atoms with E-state index < -0.39 is 0 Å². The quantitative estimate of drug-likeness (QED) is 0.495. The van der Waals surface area contributed by atoms with E-state index in [9.17, 15) is 4.79 Å². The molecule has 146 valence electrons. The van der Waals surface area contributed by atoms with Crippen molar-refractivity contribution >= 4 is 50.2 Å². The molecule has 0 bridgehead atoms. The van der Waals surface area contributed by atoms with Gasteiger partial charge in [0.25, 0.3) is 0 Å². The number of aromatic nitrogens is 3. The number of carbonyl (C=O) groups is 1. The Morgan fingerprint density at radius 1 is 1.29 bits per heavy atom. The first kappa shape index (κ1) is 19.1. The van der Waals surface area contributed by atoms with Gasteiger partial charge in [-0.15, -0.1) is 0 Å². The maximum absolute atomic E-state index is 12.4. The number of benzene rings is 1. The van der Waals surface area contributed by atoms with Crippen LogP contribution in [0.3, 0.4) is 0 Å². The summed E-state index contributed by atoms with van der Waals surface area (Å²) in [7, 11) is 0. The molecule has 2 aromatic heterocycles. The van der Waals surface area contributed by atoms with Crippen molar-refractivity contribution in [3.8, 4) is 0 Å². The second kappa shape index (κ2) is 8.45. The van der Waals surface area contributed by atoms with Crippen LogP contribution in [-0.2, 0) is 4.79 Å². The third-order valence-corrected chi connectivity index (χ3v) is 7.19. The van der Waals surface area contributed by atoms with Crippen LogP contribution in [0.15, 0.2) is 35.6 Å². The second-order valence-electron chi connectivity index (χ2n) is 7.15. The number of fused-ring (bicyclic) bond motifs is 1. The average molecular weight is 414 g/mol. The number of hydrogen-bond donors (Lipinski definition) is 1. The average Bonchev–Trinajstić information content (AvgIpc) is 3.13. The van der Waals surface area contributed by atoms with E-state index in [4.69, 9.17) is 4.98 Å². The molecule has 8 heteroatoms. The molecule has 0 atom stereocenters. The number of aryl methyl sites for hydroxylation is 1. The normalized spacial score (nSPS) is 15.1. The highest BCUT2D eigenvalue weighted by atomic mass is 32.2. The zero-order valence-electron chi connectivity index (χ0n) is 16.0. The zero-order chi connectivity index (χ0) is 19.5. The van der Waals surface area contributed by atoms with Gasteiger partial charge in [0, 0.05) is 18.8 Å². The highest BCUT2D eigenvalue weighted by molar-refractivity contribution is 8.00. The molecule has 3 heterocycles. The zero-order valence-corrected chi connectivity index (χ0v) is 17.6. The number of amides is 1. The molecule has 6 nitrogen and oxygen atoms in total. The molecule has 4 rings (SSSR count). The molecule has 28 heavy (non-hydrogen) atoms. The van der Waals surface area contributed by atoms with Gasteiger partial charge >= 0.3 is 0 Å². The summed E-state index contributed by atoms with van der Waals surface area (Å²) in [6, 6.07) is 7.78. The molecule has 1 fully saturated rings. The predicted molar refractivity (Wildman–Crippen MR) is 116 cm³/mol. The molecule has 1 N–H and O–H groups in total. The van der Waals surface area contributed by atoms with Gasteiger partial charge in [-0.2, -0.15) is 4.98 Å². The van der Waals surface area contributed by atoms with Crippen molar-refractivity contribution in [3.63, 3.8) is 0 Å². The number of rotatable bonds is 5. The van der Waals surface area contributed by atoms with E-state index in [1.54, 1.807) is 11.3 Å². The summed E-state index contributed by atoms with van der Waals surface area (Å²) >= 11 is 3.06. The maximum atomic E-state index is 12.4. The molecule has 1 aliphatic heterocycles. The van der Waals surface area contributed by atoms with Crippen molar-refractivity contribution in [1.29, 1.82) is 0 Å². The van der Waals surface area contributed by atoms with Crippen LogP contribution in [0, 0.1) is 12.8 Å². The van der Waals surface area contributed by atoms with E-state index in [-0.39, 0.29) is 5.91 Å². The number of anilines is 2. The predicted octanol–water partition coefficient (Wildman–Crippen LogP) is 4.36. The van der Waals surface area contributed by atoms with Crippen LogP contribution in [0.25, 0.3) is 10.3 Å². The Bertz CT molecular complexity index is 982. The summed E-state index contributed by atoms with van der Waals surface area (Å²) in [6.07, 6.45) is 3.93. The number of hydrogen-bond acceptors (Lipinski definition) is 7. The molecule has 1 aliphatic rings. The summed E-state index contributed by atoms with van der Waals surface area (Å²) in [5.74, 6) is 1.04. The number of thiazole rings is 1. The van der Waals surface area contributed by atoms with E-state index >= 15 is 0 Å². The lowest BCUT2D eigenvalue weighted by Gasteiger charge is -2.29. The van der Waals surface area contributed by atoms with Gasteiger partial charge < -0.3 is 10.2 Å². The smallest absolute Gasteiger partial charge is 0.234 e. The molecule has 1 saturated heterocycles. The molecule has 1 aromatic carbocycles. The Morgan fingerprint density at radius 2 is 2.07 bits per heavy atom. The third-order valence-electron chi connectivity index (χ3n) is 4.96. The van der Waals surface area contributed by atoms with Crippen LogP contribution >= 0.6 is 23.1 Å². The number of thioether (sulfide) groups is 1. The van der Waals surface area contributed by atoms with Crippen molar-refractivity contribution < 1.29 is 4.79 Å². The van der Waals surface area contributed by atoms with Crippen LogP contribution in [0.1, 0.15) is 25.3 Å². The first-order chi connectivity index (χ1) is 13.6. The summed E-state index contributed by atoms with van der Waals surface area (Å²) in [4.78, 5) is 28.1. The van der Waals surface area contributed by atoms with Crippen LogP contribution in [0.5, 0.6) is 0 Å². The Morgan fingerprint density at radius 3 is 2.86 bits per heavy atom. The van der Waals surface area contributed by atoms with Gasteiger partial charge in [0.05, 0.1) is 5.75 Å². The highest BCUT2D eigenvalue weighted by Crippen LogP contribution is 2.35. The van der Waals surface area contributed by atoms with Gasteiger partial charge in [-0.05, 0) is 37.3 Å². The molecule has 0 aliphatic carbocycles. The number of para-hydroxylation sites is 1. The van der Waals surface area contributed by atoms with Crippen molar-refractivity contribution in [2.75, 3.05) is 29.1 Å². The van der Waals surface area contributed by atoms with Gasteiger partial charge in [-0.25, -0.2) is 9.97 Å². The molecular formula is C20H23N5OS2. The number of piperidine rings is 1. The van der Waals surface area contributed by atoms with E-state index in [1.165, 1.54) is 30.9 Å². The maximum Gasteiger partial charge on any atom is 0.234 e. The Labute approximate surface area is 172 Å². The number of nitrogens with one attached hydrogen (secondary N) is 1. The molecule has 0 unspecified atom stereocenters. The van der Waals surface area contributed by atoms with Crippen molar-refractivity contribution in [3.05, 3.63) is 36.2 Å². The Balaban J connectivity index is 1.45. The fraction of sp³-hybridized carbons (Fsp3) is 0.400. The summed E-state index contributed by atoms with van der Waals surface area (Å²) in [5.41, 5.74) is 2.61. The molecule has 0 radical (unpaired) electrons. The summed E-state index contributed by atoms with van der Waals surface area (Å²) in [5, 5.41) is 4.79. The SMILES string of the molecule is Cc1ccccc1NC(=O)CSc1ncnc2nc(N3CCC(C)CC3)sc12. The lowest BCUT2D eigenvalue weighted by molar-refractivity contribution is -0.113. The second-order valence-corrected chi connectivity index (χ2v) is 9.09. The van der Waals surface area contributed by atoms with Crippen LogP contribution in [-0.4, -0.2) is 39.7 Å². The first-order valence-electron chi connectivity index (χ1n) is 9.45. The summed E-state index contributed by atoms with van der Waals surface area (Å²) < 4.78 is 0.963. The molecule has 0 saturated carbocycles. The van der Waals surface area contributed by atoms with Gasteiger partial charge in [0.2, 0.25) is 5.91 Å². The topological polar surface area (TPSA) is 71.0 Å². The highest BCUT2D eigenvalue weighted by Gasteiger charge is 2.20. The largest absolute Gasteiger partial charge is 0.348 e. The number of carbonyl (C=O) groups excluding carboxylic acids is 1. The van der Waals surface area contributed by atoms with Gasteiger partial charge in [0.1, 0.15) is 16.1 Å². The van der Waals surface area contributed by atoms with E-state index in [0.717, 1.165) is 50.8 Å². The lowest BCUT2D eigenvalue weighted by Crippen LogP contribution is -2.32. The van der Waals surface area contributed by atoms with Crippen molar-refractivity contribution in [2.24, 2.45) is 5.92 Å². The van der Waals surface area contributed by atoms with Crippen molar-refractivity contribution in [1.82, 2.24) is 15.0 Å². The van der Waals surface area contributed by atoms with Gasteiger partial charge in [-0.1, -0.05) is 48.2 Å². The Kier molecular flexibility index (Phi) is 5.77. The molecule has 0 spiro atoms. The molecule has 1 amide bonds. The van der Waals surface area contributed by atoms with Crippen LogP contribution < -0.4 is 10.2 Å². The standard InChI is InChI=1S/C20H23N5OS2/c1-13-7-9-25(10-8-13)20-24-18-17(28-20)19(22-12-21-18)27-11-16(26)23-15-6-4-3-5-14(15)2/h3-6,12-13H,7-11H2,1-2H3,(H,23,26). The first-order valence-corrected chi connectivity index (χ1v) is 11.2. The van der Waals surface area contributed by atoms with Crippen LogP contribution in [0.2, 0.25) is 0 Å². The minimum atomic E-state index is -0.0409. The Hall–Kier alpha value is -2.19. The molecular weight excluding hydrogens is 390 g/mol.